The molecule has 0 amide bonds. The zero-order valence-electron chi connectivity index (χ0n) is 63.6. The maximum absolute atomic E-state index is 11.7. The summed E-state index contributed by atoms with van der Waals surface area (Å²) < 4.78 is 190. The normalized spacial score (nSPS) is 11.3. The second-order valence-electron chi connectivity index (χ2n) is 18.9. The van der Waals surface area contributed by atoms with Crippen LogP contribution in [0, 0.1) is 0 Å². The van der Waals surface area contributed by atoms with Crippen molar-refractivity contribution in [1.82, 2.24) is 0 Å². The summed E-state index contributed by atoms with van der Waals surface area (Å²) >= 11 is 3.19. The summed E-state index contributed by atoms with van der Waals surface area (Å²) in [6, 6.07) is 0. The predicted octanol–water partition coefficient (Wildman–Crippen LogP) is 0.209. The summed E-state index contributed by atoms with van der Waals surface area (Å²) in [6.45, 7) is 17.8. The highest BCUT2D eigenvalue weighted by Gasteiger charge is 2.08. The van der Waals surface area contributed by atoms with Crippen LogP contribution in [-0.4, -0.2) is 435 Å². The minimum absolute atomic E-state index is 0.00887. The molecule has 0 unspecified atom stereocenters. The molecule has 0 atom stereocenters. The van der Waals surface area contributed by atoms with Crippen LogP contribution in [0.1, 0.15) is 6.92 Å². The number of hydrogen-bond donors (Lipinski definition) is 3. The Labute approximate surface area is 620 Å². The predicted molar refractivity (Wildman–Crippen MR) is 373 cm³/mol. The standard InChI is InChI=1S/C14H28O8.C13H28O9S.C12H25FO6.C12H26O7.C8H18O5.C4H9BrO2/c1-13(15)22-11-10-20-7-6-18-4-5-19-8-9-21-12-14(16-2)17-3;1-16-13(17-2)12-21-9-8-19-5-4-18-6-7-20-10-11-22-23(3,14)15;2*1-14-12(15-2)11-19-10-9-18-8-7-17-6-5-16-4-3-13;9-1-3-11-5-7-13-8-6-12-4-2-10;1-6-4(3-5)7-2/h14H,4-12H2,1-3H3;13H,4-12H2,1-3H3;12H,3-11H2,1-2H3;12-13H,3-11H2,1-2H3;9-10H,1-8H2;4H,3H2,1-2H3. The molecule has 0 fully saturated rings. The van der Waals surface area contributed by atoms with Crippen molar-refractivity contribution < 1.29 is 179 Å². The number of esters is 1. The van der Waals surface area contributed by atoms with Gasteiger partial charge in [0.1, 0.15) is 13.3 Å². The molecule has 0 saturated carbocycles. The second kappa shape index (κ2) is 103. The number of aliphatic hydroxyl groups excluding tert-OH is 3. The van der Waals surface area contributed by atoms with Crippen molar-refractivity contribution in [2.45, 2.75) is 38.4 Å². The highest BCUT2D eigenvalue weighted by Crippen LogP contribution is 1.98. The lowest BCUT2D eigenvalue weighted by molar-refractivity contribution is -0.143. The fourth-order valence-corrected chi connectivity index (χ4v) is 6.69. The largest absolute Gasteiger partial charge is 0.463 e. The smallest absolute Gasteiger partial charge is 0.302 e. The number of carbonyl (C=O) groups is 1. The van der Waals surface area contributed by atoms with Crippen LogP contribution in [-0.2, 0) is 161 Å². The van der Waals surface area contributed by atoms with E-state index in [1.807, 2.05) is 0 Å². The Balaban J connectivity index is -0.000000281. The average Bonchev–Trinajstić information content (AvgIpc) is 1.83. The zero-order chi connectivity index (χ0) is 77.7. The van der Waals surface area contributed by atoms with Crippen molar-refractivity contribution in [1.29, 1.82) is 0 Å². The van der Waals surface area contributed by atoms with Crippen LogP contribution in [0.15, 0.2) is 0 Å². The molecule has 0 aromatic carbocycles. The van der Waals surface area contributed by atoms with Gasteiger partial charge in [-0.2, -0.15) is 8.42 Å². The lowest BCUT2D eigenvalue weighted by Gasteiger charge is -2.13. The molecule has 0 aliphatic rings. The SMILES string of the molecule is COC(CBr)OC.COC(COCCOCCOCCOCCF)OC.COC(COCCOCCOCCOCCO)OC.COC(COCCOCCOCCOCCOC(C)=O)OC.COC(COCCOCCOCCOCCOS(C)(=O)=O)OC.OCCOCCOCCOCCO. The molecule has 0 aliphatic carbocycles. The van der Waals surface area contributed by atoms with Gasteiger partial charge in [0, 0.05) is 78.0 Å². The van der Waals surface area contributed by atoms with Gasteiger partial charge in [-0.1, -0.05) is 15.9 Å². The molecular formula is C63H134BrFO37S. The van der Waals surface area contributed by atoms with Gasteiger partial charge in [-0.3, -0.25) is 8.98 Å². The number of alkyl halides is 2. The van der Waals surface area contributed by atoms with E-state index in [0.29, 0.717) is 238 Å². The van der Waals surface area contributed by atoms with E-state index in [1.54, 1.807) is 71.1 Å². The van der Waals surface area contributed by atoms with Crippen LogP contribution in [0.5, 0.6) is 0 Å². The fraction of sp³-hybridized carbons (Fsp3) is 0.984. The number of carbonyl (C=O) groups excluding carboxylic acids is 1. The molecule has 37 nitrogen and oxygen atoms in total. The third kappa shape index (κ3) is 112. The first-order valence-electron chi connectivity index (χ1n) is 33.3. The van der Waals surface area contributed by atoms with E-state index >= 15 is 0 Å². The van der Waals surface area contributed by atoms with Gasteiger partial charge in [0.2, 0.25) is 0 Å². The van der Waals surface area contributed by atoms with Gasteiger partial charge in [0.05, 0.1) is 289 Å². The summed E-state index contributed by atoms with van der Waals surface area (Å²) in [5.74, 6) is -0.305. The Morgan fingerprint density at radius 1 is 0.291 bits per heavy atom. The van der Waals surface area contributed by atoms with E-state index < -0.39 is 16.8 Å². The maximum atomic E-state index is 11.7. The van der Waals surface area contributed by atoms with Crippen LogP contribution in [0.3, 0.4) is 0 Å². The molecule has 0 bridgehead atoms. The number of ether oxygens (including phenoxy) is 30. The minimum atomic E-state index is -3.40. The van der Waals surface area contributed by atoms with Crippen molar-refractivity contribution in [3.8, 4) is 0 Å². The van der Waals surface area contributed by atoms with Crippen molar-refractivity contribution in [2.75, 3.05) is 373 Å². The Hall–Kier alpha value is -1.49. The maximum Gasteiger partial charge on any atom is 0.302 e. The highest BCUT2D eigenvalue weighted by atomic mass is 79.9. The molecule has 0 aromatic rings. The third-order valence-electron chi connectivity index (χ3n) is 11.0. The summed E-state index contributed by atoms with van der Waals surface area (Å²) in [4.78, 5) is 10.5. The summed E-state index contributed by atoms with van der Waals surface area (Å²) in [7, 11) is 12.3. The Bertz CT molecular complexity index is 1540. The Kier molecular flexibility index (Phi) is 112. The first kappa shape index (κ1) is 112. The van der Waals surface area contributed by atoms with Crippen LogP contribution in [0.25, 0.3) is 0 Å². The van der Waals surface area contributed by atoms with E-state index in [9.17, 15) is 17.6 Å². The van der Waals surface area contributed by atoms with Crippen LogP contribution >= 0.6 is 15.9 Å². The van der Waals surface area contributed by atoms with Crippen LogP contribution < -0.4 is 0 Å². The van der Waals surface area contributed by atoms with E-state index in [-0.39, 0.29) is 83.7 Å². The number of methoxy groups -OCH3 is 10. The van der Waals surface area contributed by atoms with Crippen molar-refractivity contribution in [3.05, 3.63) is 0 Å². The van der Waals surface area contributed by atoms with E-state index in [4.69, 9.17) is 157 Å². The topological polar surface area (TPSA) is 398 Å². The van der Waals surface area contributed by atoms with Crippen molar-refractivity contribution >= 4 is 32.0 Å². The molecule has 40 heteroatoms. The van der Waals surface area contributed by atoms with Gasteiger partial charge in [-0.05, 0) is 0 Å². The number of halogens is 2. The lowest BCUT2D eigenvalue weighted by atomic mass is 10.6. The quantitative estimate of drug-likeness (QED) is 0.0241. The lowest BCUT2D eigenvalue weighted by Crippen LogP contribution is -2.21. The van der Waals surface area contributed by atoms with Crippen LogP contribution in [0.2, 0.25) is 0 Å². The van der Waals surface area contributed by atoms with E-state index in [2.05, 4.69) is 20.1 Å². The molecule has 103 heavy (non-hydrogen) atoms. The Morgan fingerprint density at radius 2 is 0.466 bits per heavy atom. The van der Waals surface area contributed by atoms with Gasteiger partial charge >= 0.3 is 5.97 Å². The zero-order valence-corrected chi connectivity index (χ0v) is 66.0. The monoisotopic (exact) mass is 1610 g/mol. The van der Waals surface area contributed by atoms with E-state index in [0.717, 1.165) is 11.6 Å². The molecule has 0 aromatic heterocycles. The van der Waals surface area contributed by atoms with Crippen molar-refractivity contribution in [3.63, 3.8) is 0 Å². The molecule has 0 spiro atoms. The molecule has 0 heterocycles. The summed E-state index contributed by atoms with van der Waals surface area (Å²) in [5, 5.41) is 25.9. The van der Waals surface area contributed by atoms with Crippen molar-refractivity contribution in [2.24, 2.45) is 0 Å². The van der Waals surface area contributed by atoms with Gasteiger partial charge in [0.25, 0.3) is 10.1 Å². The molecule has 3 N–H and O–H groups in total. The van der Waals surface area contributed by atoms with Gasteiger partial charge < -0.3 is 157 Å². The minimum Gasteiger partial charge on any atom is -0.463 e. The van der Waals surface area contributed by atoms with Gasteiger partial charge in [-0.25, -0.2) is 4.39 Å². The number of aliphatic hydroxyl groups is 3. The first-order chi connectivity index (χ1) is 50.1. The molecule has 0 rings (SSSR count). The first-order valence-corrected chi connectivity index (χ1v) is 36.3. The fourth-order valence-electron chi connectivity index (χ4n) is 5.79. The highest BCUT2D eigenvalue weighted by molar-refractivity contribution is 9.09. The molecule has 0 radical (unpaired) electrons. The van der Waals surface area contributed by atoms with Gasteiger partial charge in [-0.15, -0.1) is 0 Å². The van der Waals surface area contributed by atoms with Crippen LogP contribution in [0.4, 0.5) is 4.39 Å². The Morgan fingerprint density at radius 3 is 0.621 bits per heavy atom. The molecular weight excluding hydrogens is 1480 g/mol. The number of rotatable bonds is 76. The molecule has 628 valence electrons. The van der Waals surface area contributed by atoms with Gasteiger partial charge in [0.15, 0.2) is 31.5 Å². The molecule has 0 saturated heterocycles. The third-order valence-corrected chi connectivity index (χ3v) is 12.1. The molecule has 0 aliphatic heterocycles. The summed E-state index contributed by atoms with van der Waals surface area (Å²) in [6.07, 6.45) is -0.477. The summed E-state index contributed by atoms with van der Waals surface area (Å²) in [5.41, 5.74) is 0. The average molecular weight is 1610 g/mol. The van der Waals surface area contributed by atoms with E-state index in [1.165, 1.54) is 6.92 Å². The second-order valence-corrected chi connectivity index (χ2v) is 21.2. The number of hydrogen-bond acceptors (Lipinski definition) is 37.